The van der Waals surface area contributed by atoms with E-state index in [-0.39, 0.29) is 17.5 Å². The minimum atomic E-state index is -1.06. The average molecular weight is 327 g/mol. The zero-order chi connectivity index (χ0) is 13.8. The summed E-state index contributed by atoms with van der Waals surface area (Å²) in [6, 6.07) is 4.54. The number of anilines is 1. The molecule has 3 N–H and O–H groups in total. The van der Waals surface area contributed by atoms with E-state index in [4.69, 9.17) is 5.11 Å². The maximum Gasteiger partial charge on any atom is 0.337 e. The first-order valence-corrected chi connectivity index (χ1v) is 6.94. The van der Waals surface area contributed by atoms with Gasteiger partial charge < -0.3 is 15.7 Å². The normalized spacial score (nSPS) is 18.9. The molecule has 0 bridgehead atoms. The lowest BCUT2D eigenvalue weighted by molar-refractivity contribution is -0.118. The lowest BCUT2D eigenvalue weighted by Gasteiger charge is -2.22. The summed E-state index contributed by atoms with van der Waals surface area (Å²) in [5.41, 5.74) is 0.409. The van der Waals surface area contributed by atoms with E-state index >= 15 is 0 Å². The number of amides is 1. The quantitative estimate of drug-likeness (QED) is 0.795. The van der Waals surface area contributed by atoms with Crippen molar-refractivity contribution in [2.45, 2.75) is 25.3 Å². The van der Waals surface area contributed by atoms with Crippen LogP contribution in [0.4, 0.5) is 5.69 Å². The van der Waals surface area contributed by atoms with E-state index in [1.165, 1.54) is 6.07 Å². The number of nitrogens with one attached hydrogen (secondary N) is 2. The first kappa shape index (κ1) is 14.0. The van der Waals surface area contributed by atoms with Gasteiger partial charge in [0.25, 0.3) is 0 Å². The van der Waals surface area contributed by atoms with Crippen LogP contribution in [-0.2, 0) is 4.79 Å². The van der Waals surface area contributed by atoms with Gasteiger partial charge in [-0.05, 0) is 37.6 Å². The van der Waals surface area contributed by atoms with Crippen molar-refractivity contribution >= 4 is 33.5 Å². The van der Waals surface area contributed by atoms with Crippen molar-refractivity contribution in [2.75, 3.05) is 11.9 Å². The second-order valence-corrected chi connectivity index (χ2v) is 5.40. The van der Waals surface area contributed by atoms with E-state index < -0.39 is 5.97 Å². The summed E-state index contributed by atoms with van der Waals surface area (Å²) in [4.78, 5) is 23.2. The van der Waals surface area contributed by atoms with Crippen molar-refractivity contribution in [1.29, 1.82) is 0 Å². The van der Waals surface area contributed by atoms with Crippen LogP contribution in [0.2, 0.25) is 0 Å². The van der Waals surface area contributed by atoms with Gasteiger partial charge >= 0.3 is 5.97 Å². The molecule has 1 amide bonds. The number of aromatic carboxylic acids is 1. The summed E-state index contributed by atoms with van der Waals surface area (Å²) in [6.45, 7) is 0.824. The molecule has 1 atom stereocenters. The molecule has 0 radical (unpaired) electrons. The van der Waals surface area contributed by atoms with Gasteiger partial charge in [0.2, 0.25) is 5.91 Å². The SMILES string of the molecule is O=C(O)c1cc(Br)ccc1NC(=O)C1CCCCN1. The molecule has 1 aliphatic rings. The number of piperidine rings is 1. The molecule has 1 aliphatic heterocycles. The first-order valence-electron chi connectivity index (χ1n) is 6.15. The molecule has 1 aromatic carbocycles. The minimum absolute atomic E-state index is 0.0820. The zero-order valence-corrected chi connectivity index (χ0v) is 11.9. The van der Waals surface area contributed by atoms with E-state index in [1.54, 1.807) is 12.1 Å². The molecular weight excluding hydrogens is 312 g/mol. The average Bonchev–Trinajstić information content (AvgIpc) is 2.41. The van der Waals surface area contributed by atoms with Crippen LogP contribution in [0.3, 0.4) is 0 Å². The highest BCUT2D eigenvalue weighted by Gasteiger charge is 2.22. The van der Waals surface area contributed by atoms with E-state index in [1.807, 2.05) is 0 Å². The van der Waals surface area contributed by atoms with Gasteiger partial charge in [0.15, 0.2) is 0 Å². The molecule has 0 spiro atoms. The molecule has 6 heteroatoms. The van der Waals surface area contributed by atoms with E-state index in [0.717, 1.165) is 25.8 Å². The van der Waals surface area contributed by atoms with Gasteiger partial charge in [0.05, 0.1) is 17.3 Å². The number of benzene rings is 1. The molecule has 2 rings (SSSR count). The molecule has 19 heavy (non-hydrogen) atoms. The monoisotopic (exact) mass is 326 g/mol. The van der Waals surface area contributed by atoms with Crippen molar-refractivity contribution in [3.63, 3.8) is 0 Å². The molecule has 1 unspecified atom stereocenters. The third kappa shape index (κ3) is 3.54. The highest BCUT2D eigenvalue weighted by atomic mass is 79.9. The number of hydrogen-bond donors (Lipinski definition) is 3. The molecule has 1 aromatic rings. The second-order valence-electron chi connectivity index (χ2n) is 4.49. The Morgan fingerprint density at radius 1 is 1.37 bits per heavy atom. The van der Waals surface area contributed by atoms with Crippen LogP contribution in [0, 0.1) is 0 Å². The Bertz CT molecular complexity index is 499. The van der Waals surface area contributed by atoms with E-state index in [9.17, 15) is 9.59 Å². The Kier molecular flexibility index (Phi) is 4.55. The Hall–Kier alpha value is -1.40. The first-order chi connectivity index (χ1) is 9.08. The largest absolute Gasteiger partial charge is 0.478 e. The van der Waals surface area contributed by atoms with Crippen LogP contribution in [0.1, 0.15) is 29.6 Å². The number of carboxylic acids is 1. The third-order valence-corrected chi connectivity index (χ3v) is 3.59. The smallest absolute Gasteiger partial charge is 0.337 e. The molecule has 1 heterocycles. The molecule has 0 aliphatic carbocycles. The highest BCUT2D eigenvalue weighted by Crippen LogP contribution is 2.22. The number of carbonyl (C=O) groups is 2. The molecule has 5 nitrogen and oxygen atoms in total. The van der Waals surface area contributed by atoms with Gasteiger partial charge in [-0.3, -0.25) is 4.79 Å². The number of rotatable bonds is 3. The summed E-state index contributed by atoms with van der Waals surface area (Å²) in [5, 5.41) is 14.9. The summed E-state index contributed by atoms with van der Waals surface area (Å²) in [6.07, 6.45) is 2.87. The predicted octanol–water partition coefficient (Wildman–Crippen LogP) is 2.23. The molecular formula is C13H15BrN2O3. The lowest BCUT2D eigenvalue weighted by Crippen LogP contribution is -2.43. The second kappa shape index (κ2) is 6.16. The Morgan fingerprint density at radius 2 is 2.16 bits per heavy atom. The number of carboxylic acid groups (broad SMARTS) is 1. The third-order valence-electron chi connectivity index (χ3n) is 3.10. The van der Waals surface area contributed by atoms with Gasteiger partial charge in [-0.15, -0.1) is 0 Å². The van der Waals surface area contributed by atoms with Gasteiger partial charge in [-0.25, -0.2) is 4.79 Å². The van der Waals surface area contributed by atoms with Gasteiger partial charge in [0.1, 0.15) is 0 Å². The van der Waals surface area contributed by atoms with Crippen LogP contribution >= 0.6 is 15.9 Å². The minimum Gasteiger partial charge on any atom is -0.478 e. The van der Waals surface area contributed by atoms with Gasteiger partial charge in [-0.1, -0.05) is 22.4 Å². The van der Waals surface area contributed by atoms with Crippen LogP contribution in [-0.4, -0.2) is 29.6 Å². The maximum absolute atomic E-state index is 12.0. The Balaban J connectivity index is 2.13. The maximum atomic E-state index is 12.0. The number of hydrogen-bond acceptors (Lipinski definition) is 3. The fourth-order valence-corrected chi connectivity index (χ4v) is 2.46. The van der Waals surface area contributed by atoms with Crippen molar-refractivity contribution in [3.05, 3.63) is 28.2 Å². The fraction of sp³-hybridized carbons (Fsp3) is 0.385. The van der Waals surface area contributed by atoms with Crippen molar-refractivity contribution in [3.8, 4) is 0 Å². The highest BCUT2D eigenvalue weighted by molar-refractivity contribution is 9.10. The number of halogens is 1. The van der Waals surface area contributed by atoms with Crippen molar-refractivity contribution in [2.24, 2.45) is 0 Å². The number of carbonyl (C=O) groups excluding carboxylic acids is 1. The van der Waals surface area contributed by atoms with Gasteiger partial charge in [-0.2, -0.15) is 0 Å². The van der Waals surface area contributed by atoms with Crippen LogP contribution in [0.5, 0.6) is 0 Å². The molecule has 102 valence electrons. The van der Waals surface area contributed by atoms with Crippen molar-refractivity contribution < 1.29 is 14.7 Å². The molecule has 0 aromatic heterocycles. The van der Waals surface area contributed by atoms with Crippen LogP contribution < -0.4 is 10.6 Å². The van der Waals surface area contributed by atoms with E-state index in [2.05, 4.69) is 26.6 Å². The molecule has 1 saturated heterocycles. The molecule has 1 fully saturated rings. The Morgan fingerprint density at radius 3 is 2.79 bits per heavy atom. The summed E-state index contributed by atoms with van der Waals surface area (Å²) in [7, 11) is 0. The summed E-state index contributed by atoms with van der Waals surface area (Å²) < 4.78 is 0.665. The van der Waals surface area contributed by atoms with E-state index in [0.29, 0.717) is 10.2 Å². The zero-order valence-electron chi connectivity index (χ0n) is 10.3. The summed E-state index contributed by atoms with van der Waals surface area (Å²) in [5.74, 6) is -1.24. The van der Waals surface area contributed by atoms with Crippen LogP contribution in [0.25, 0.3) is 0 Å². The fourth-order valence-electron chi connectivity index (χ4n) is 2.10. The van der Waals surface area contributed by atoms with Crippen LogP contribution in [0.15, 0.2) is 22.7 Å². The predicted molar refractivity (Wildman–Crippen MR) is 75.4 cm³/mol. The molecule has 0 saturated carbocycles. The van der Waals surface area contributed by atoms with Gasteiger partial charge in [0, 0.05) is 4.47 Å². The Labute approximate surface area is 119 Å². The van der Waals surface area contributed by atoms with Crippen molar-refractivity contribution in [1.82, 2.24) is 5.32 Å². The lowest BCUT2D eigenvalue weighted by atomic mass is 10.0. The standard InChI is InChI=1S/C13H15BrN2O3/c14-8-4-5-10(9(7-8)13(18)19)16-12(17)11-3-1-2-6-15-11/h4-5,7,11,15H,1-3,6H2,(H,16,17)(H,18,19). The topological polar surface area (TPSA) is 78.4 Å². The summed E-state index contributed by atoms with van der Waals surface area (Å²) >= 11 is 3.22.